The minimum atomic E-state index is -3.80. The van der Waals surface area contributed by atoms with Gasteiger partial charge in [-0.05, 0) is 38.3 Å². The smallest absolute Gasteiger partial charge is 0.244 e. The molecule has 0 saturated carbocycles. The molecule has 2 aliphatic rings. The van der Waals surface area contributed by atoms with Crippen LogP contribution < -0.4 is 0 Å². The molecule has 2 atom stereocenters. The second kappa shape index (κ2) is 6.21. The molecule has 2 saturated heterocycles. The van der Waals surface area contributed by atoms with Crippen LogP contribution in [0.5, 0.6) is 0 Å². The molecule has 2 fully saturated rings. The van der Waals surface area contributed by atoms with Gasteiger partial charge in [0.05, 0.1) is 11.1 Å². The number of fused-ring (bicyclic) bond motifs is 1. The third-order valence-corrected chi connectivity index (χ3v) is 7.42. The zero-order valence-electron chi connectivity index (χ0n) is 14.8. The third kappa shape index (κ3) is 2.64. The molecule has 4 rings (SSSR count). The monoisotopic (exact) mass is 375 g/mol. The Morgan fingerprint density at radius 1 is 1.27 bits per heavy atom. The van der Waals surface area contributed by atoms with E-state index in [0.29, 0.717) is 23.4 Å². The number of aromatic nitrogens is 1. The van der Waals surface area contributed by atoms with Crippen LogP contribution in [-0.2, 0) is 14.8 Å². The summed E-state index contributed by atoms with van der Waals surface area (Å²) in [5.41, 5.74) is 1.28. The lowest BCUT2D eigenvalue weighted by molar-refractivity contribution is -0.139. The molecule has 26 heavy (non-hydrogen) atoms. The number of amides is 1. The quantitative estimate of drug-likeness (QED) is 0.820. The van der Waals surface area contributed by atoms with E-state index in [1.54, 1.807) is 38.1 Å². The normalized spacial score (nSPS) is 24.1. The first kappa shape index (κ1) is 17.2. The molecule has 0 unspecified atom stereocenters. The lowest BCUT2D eigenvalue weighted by atomic mass is 10.1. The lowest BCUT2D eigenvalue weighted by Crippen LogP contribution is -2.59. The van der Waals surface area contributed by atoms with Crippen LogP contribution in [0, 0.1) is 6.92 Å². The number of benzene rings is 1. The van der Waals surface area contributed by atoms with Crippen LogP contribution in [0.1, 0.15) is 25.3 Å². The zero-order chi connectivity index (χ0) is 18.5. The SMILES string of the molecule is Cc1ccc(-c2ccno2)cc1S(=O)(=O)N1C[C@@H]2CCCN2C(=O)[C@@H]1C. The van der Waals surface area contributed by atoms with E-state index in [1.807, 2.05) is 4.90 Å². The highest BCUT2D eigenvalue weighted by molar-refractivity contribution is 7.89. The van der Waals surface area contributed by atoms with Crippen molar-refractivity contribution in [2.45, 2.75) is 43.7 Å². The molecule has 1 aromatic carbocycles. The second-order valence-corrected chi connectivity index (χ2v) is 8.79. The summed E-state index contributed by atoms with van der Waals surface area (Å²) in [6.45, 7) is 4.50. The highest BCUT2D eigenvalue weighted by Crippen LogP contribution is 2.32. The van der Waals surface area contributed by atoms with Crippen molar-refractivity contribution in [3.63, 3.8) is 0 Å². The number of sulfonamides is 1. The van der Waals surface area contributed by atoms with Gasteiger partial charge in [-0.1, -0.05) is 17.3 Å². The highest BCUT2D eigenvalue weighted by Gasteiger charge is 2.45. The van der Waals surface area contributed by atoms with Crippen molar-refractivity contribution in [2.75, 3.05) is 13.1 Å². The molecule has 2 aromatic rings. The molecule has 1 aromatic heterocycles. The fourth-order valence-corrected chi connectivity index (χ4v) is 5.75. The number of nitrogens with zero attached hydrogens (tertiary/aromatic N) is 3. The summed E-state index contributed by atoms with van der Waals surface area (Å²) in [7, 11) is -3.80. The first-order chi connectivity index (χ1) is 12.4. The van der Waals surface area contributed by atoms with E-state index in [0.717, 1.165) is 19.4 Å². The number of hydrogen-bond acceptors (Lipinski definition) is 5. The van der Waals surface area contributed by atoms with Gasteiger partial charge < -0.3 is 9.42 Å². The van der Waals surface area contributed by atoms with Crippen molar-refractivity contribution < 1.29 is 17.7 Å². The standard InChI is InChI=1S/C18H21N3O4S/c1-12-5-6-14(16-7-8-19-25-16)10-17(12)26(23,24)21-11-15-4-3-9-20(15)18(22)13(21)2/h5-8,10,13,15H,3-4,9,11H2,1-2H3/t13-,15-/m0/s1. The summed E-state index contributed by atoms with van der Waals surface area (Å²) in [6.07, 6.45) is 3.29. The first-order valence-electron chi connectivity index (χ1n) is 8.73. The number of aryl methyl sites for hydroxylation is 1. The van der Waals surface area contributed by atoms with Crippen molar-refractivity contribution in [1.29, 1.82) is 0 Å². The minimum absolute atomic E-state index is 0.0220. The summed E-state index contributed by atoms with van der Waals surface area (Å²) in [6, 6.07) is 6.13. The van der Waals surface area contributed by atoms with Crippen LogP contribution in [0.2, 0.25) is 0 Å². The van der Waals surface area contributed by atoms with E-state index >= 15 is 0 Å². The van der Waals surface area contributed by atoms with E-state index < -0.39 is 16.1 Å². The Bertz CT molecular complexity index is 939. The lowest BCUT2D eigenvalue weighted by Gasteiger charge is -2.40. The van der Waals surface area contributed by atoms with E-state index in [1.165, 1.54) is 10.5 Å². The zero-order valence-corrected chi connectivity index (χ0v) is 15.6. The number of rotatable bonds is 3. The highest BCUT2D eigenvalue weighted by atomic mass is 32.2. The van der Waals surface area contributed by atoms with Crippen molar-refractivity contribution in [2.24, 2.45) is 0 Å². The van der Waals surface area contributed by atoms with Crippen LogP contribution in [0.3, 0.4) is 0 Å². The molecule has 0 aliphatic carbocycles. The van der Waals surface area contributed by atoms with Gasteiger partial charge in [0.15, 0.2) is 5.76 Å². The van der Waals surface area contributed by atoms with E-state index in [9.17, 15) is 13.2 Å². The van der Waals surface area contributed by atoms with Crippen molar-refractivity contribution in [3.8, 4) is 11.3 Å². The Hall–Kier alpha value is -2.19. The molecular formula is C18H21N3O4S. The predicted molar refractivity (Wildman–Crippen MR) is 94.8 cm³/mol. The van der Waals surface area contributed by atoms with Gasteiger partial charge in [-0.25, -0.2) is 8.42 Å². The number of hydrogen-bond donors (Lipinski definition) is 0. The van der Waals surface area contributed by atoms with Gasteiger partial charge in [-0.3, -0.25) is 4.79 Å². The van der Waals surface area contributed by atoms with Crippen molar-refractivity contribution in [3.05, 3.63) is 36.0 Å². The maximum absolute atomic E-state index is 13.4. The van der Waals surface area contributed by atoms with Crippen LogP contribution in [0.4, 0.5) is 0 Å². The van der Waals surface area contributed by atoms with E-state index in [4.69, 9.17) is 4.52 Å². The van der Waals surface area contributed by atoms with Crippen LogP contribution in [0.15, 0.2) is 39.9 Å². The number of piperazine rings is 1. The van der Waals surface area contributed by atoms with Gasteiger partial charge in [-0.15, -0.1) is 0 Å². The molecule has 1 amide bonds. The summed E-state index contributed by atoms with van der Waals surface area (Å²) in [5.74, 6) is 0.401. The Balaban J connectivity index is 1.74. The van der Waals surface area contributed by atoms with Crippen LogP contribution in [-0.4, -0.2) is 53.9 Å². The maximum Gasteiger partial charge on any atom is 0.244 e. The fraction of sp³-hybridized carbons (Fsp3) is 0.444. The van der Waals surface area contributed by atoms with Gasteiger partial charge in [0, 0.05) is 30.8 Å². The largest absolute Gasteiger partial charge is 0.356 e. The minimum Gasteiger partial charge on any atom is -0.356 e. The Labute approximate surface area is 152 Å². The summed E-state index contributed by atoms with van der Waals surface area (Å²) in [5, 5.41) is 3.68. The molecule has 2 aliphatic heterocycles. The summed E-state index contributed by atoms with van der Waals surface area (Å²) >= 11 is 0. The predicted octanol–water partition coefficient (Wildman–Crippen LogP) is 2.03. The van der Waals surface area contributed by atoms with Gasteiger partial charge in [-0.2, -0.15) is 4.31 Å². The molecule has 0 spiro atoms. The Morgan fingerprint density at radius 2 is 2.08 bits per heavy atom. The van der Waals surface area contributed by atoms with Crippen molar-refractivity contribution in [1.82, 2.24) is 14.4 Å². The van der Waals surface area contributed by atoms with Crippen molar-refractivity contribution >= 4 is 15.9 Å². The van der Waals surface area contributed by atoms with Gasteiger partial charge in [0.25, 0.3) is 0 Å². The molecule has 0 N–H and O–H groups in total. The second-order valence-electron chi connectivity index (χ2n) is 6.94. The van der Waals surface area contributed by atoms with Gasteiger partial charge in [0.2, 0.25) is 15.9 Å². The molecule has 8 heteroatoms. The molecular weight excluding hydrogens is 354 g/mol. The molecule has 3 heterocycles. The molecule has 0 radical (unpaired) electrons. The molecule has 0 bridgehead atoms. The third-order valence-electron chi connectivity index (χ3n) is 5.34. The number of carbonyl (C=O) groups excluding carboxylic acids is 1. The van der Waals surface area contributed by atoms with Gasteiger partial charge in [0.1, 0.15) is 6.04 Å². The van der Waals surface area contributed by atoms with Crippen LogP contribution in [0.25, 0.3) is 11.3 Å². The summed E-state index contributed by atoms with van der Waals surface area (Å²) < 4.78 is 33.3. The first-order valence-corrected chi connectivity index (χ1v) is 10.2. The maximum atomic E-state index is 13.4. The Kier molecular flexibility index (Phi) is 4.11. The Morgan fingerprint density at radius 3 is 2.81 bits per heavy atom. The summed E-state index contributed by atoms with van der Waals surface area (Å²) in [4.78, 5) is 14.7. The molecule has 138 valence electrons. The van der Waals surface area contributed by atoms with Crippen LogP contribution >= 0.6 is 0 Å². The van der Waals surface area contributed by atoms with Gasteiger partial charge >= 0.3 is 0 Å². The average Bonchev–Trinajstić information content (AvgIpc) is 3.29. The topological polar surface area (TPSA) is 83.7 Å². The van der Waals surface area contributed by atoms with E-state index in [2.05, 4.69) is 5.16 Å². The number of carbonyl (C=O) groups is 1. The van der Waals surface area contributed by atoms with E-state index in [-0.39, 0.29) is 16.8 Å². The molecule has 7 nitrogen and oxygen atoms in total. The fourth-order valence-electron chi connectivity index (χ4n) is 3.87. The average molecular weight is 375 g/mol.